The molecule has 0 radical (unpaired) electrons. The quantitative estimate of drug-likeness (QED) is 0.849. The second-order valence-corrected chi connectivity index (χ2v) is 4.80. The summed E-state index contributed by atoms with van der Waals surface area (Å²) >= 11 is 0. The van der Waals surface area contributed by atoms with Crippen LogP contribution >= 0.6 is 0 Å². The van der Waals surface area contributed by atoms with Crippen molar-refractivity contribution >= 4 is 11.5 Å². The summed E-state index contributed by atoms with van der Waals surface area (Å²) in [6.45, 7) is 0. The summed E-state index contributed by atoms with van der Waals surface area (Å²) in [5, 5.41) is 8.66. The van der Waals surface area contributed by atoms with Crippen LogP contribution in [-0.4, -0.2) is 17.3 Å². The first-order valence-electron chi connectivity index (χ1n) is 6.01. The van der Waals surface area contributed by atoms with E-state index in [9.17, 15) is 22.4 Å². The highest BCUT2D eigenvalue weighted by Crippen LogP contribution is 2.64. The van der Waals surface area contributed by atoms with Crippen LogP contribution in [0.3, 0.4) is 0 Å². The van der Waals surface area contributed by atoms with Crippen LogP contribution in [-0.2, 0) is 4.79 Å². The lowest BCUT2D eigenvalue weighted by atomic mass is 9.88. The molecule has 1 fully saturated rings. The van der Waals surface area contributed by atoms with E-state index in [2.05, 4.69) is 0 Å². The number of alkyl halides is 3. The Morgan fingerprint density at radius 3 is 2.20 bits per heavy atom. The van der Waals surface area contributed by atoms with Crippen molar-refractivity contribution in [1.82, 2.24) is 0 Å². The molecule has 1 N–H and O–H groups in total. The Bertz CT molecular complexity index is 539. The third kappa shape index (κ3) is 2.69. The zero-order valence-corrected chi connectivity index (χ0v) is 10.4. The Morgan fingerprint density at radius 2 is 1.80 bits per heavy atom. The molecule has 0 atom stereocenters. The molecule has 0 aliphatic heterocycles. The summed E-state index contributed by atoms with van der Waals surface area (Å²) in [5.74, 6) is -1.76. The highest BCUT2D eigenvalue weighted by atomic mass is 19.4. The number of benzene rings is 1. The predicted molar refractivity (Wildman–Crippen MR) is 64.4 cm³/mol. The minimum Gasteiger partial charge on any atom is -0.481 e. The van der Waals surface area contributed by atoms with Crippen LogP contribution in [0.15, 0.2) is 30.3 Å². The number of carboxylic acids is 1. The van der Waals surface area contributed by atoms with Gasteiger partial charge in [0.1, 0.15) is 5.82 Å². The number of rotatable bonds is 4. The van der Waals surface area contributed by atoms with Crippen LogP contribution in [0.4, 0.5) is 17.6 Å². The molecule has 0 heterocycles. The van der Waals surface area contributed by atoms with Crippen LogP contribution < -0.4 is 0 Å². The molecule has 1 aliphatic rings. The van der Waals surface area contributed by atoms with Gasteiger partial charge in [0.15, 0.2) is 0 Å². The van der Waals surface area contributed by atoms with Gasteiger partial charge in [-0.05, 0) is 36.1 Å². The maximum atomic E-state index is 13.2. The summed E-state index contributed by atoms with van der Waals surface area (Å²) in [6.07, 6.45) is -4.00. The van der Waals surface area contributed by atoms with Crippen molar-refractivity contribution in [3.8, 4) is 0 Å². The van der Waals surface area contributed by atoms with Gasteiger partial charge in [-0.1, -0.05) is 18.2 Å². The van der Waals surface area contributed by atoms with Crippen LogP contribution in [0.25, 0.3) is 5.57 Å². The van der Waals surface area contributed by atoms with Gasteiger partial charge >= 0.3 is 12.1 Å². The Balaban J connectivity index is 2.44. The molecule has 1 aliphatic carbocycles. The lowest BCUT2D eigenvalue weighted by molar-refractivity contribution is -0.168. The SMILES string of the molecule is O=C(O)C/C=C(/c1ccc(F)cc1)C1(C(F)(F)F)CC1. The van der Waals surface area contributed by atoms with E-state index < -0.39 is 29.8 Å². The number of halogens is 4. The van der Waals surface area contributed by atoms with Crippen molar-refractivity contribution in [1.29, 1.82) is 0 Å². The number of carbonyl (C=O) groups is 1. The number of hydrogen-bond donors (Lipinski definition) is 1. The van der Waals surface area contributed by atoms with Crippen molar-refractivity contribution < 1.29 is 27.5 Å². The van der Waals surface area contributed by atoms with E-state index in [1.807, 2.05) is 0 Å². The molecule has 1 saturated carbocycles. The van der Waals surface area contributed by atoms with Crippen molar-refractivity contribution in [2.75, 3.05) is 0 Å². The van der Waals surface area contributed by atoms with E-state index in [0.29, 0.717) is 0 Å². The fraction of sp³-hybridized carbons (Fsp3) is 0.357. The minimum atomic E-state index is -4.44. The molecular formula is C14H12F4O2. The Labute approximate surface area is 112 Å². The maximum Gasteiger partial charge on any atom is 0.398 e. The Kier molecular flexibility index (Phi) is 3.58. The largest absolute Gasteiger partial charge is 0.481 e. The minimum absolute atomic E-state index is 0.0701. The van der Waals surface area contributed by atoms with Crippen molar-refractivity contribution in [3.05, 3.63) is 41.7 Å². The molecular weight excluding hydrogens is 276 g/mol. The Hall–Kier alpha value is -1.85. The molecule has 108 valence electrons. The van der Waals surface area contributed by atoms with E-state index in [1.165, 1.54) is 12.1 Å². The summed E-state index contributed by atoms with van der Waals surface area (Å²) in [4.78, 5) is 10.6. The molecule has 0 amide bonds. The van der Waals surface area contributed by atoms with Gasteiger partial charge < -0.3 is 5.11 Å². The van der Waals surface area contributed by atoms with Gasteiger partial charge in [0.25, 0.3) is 0 Å². The highest BCUT2D eigenvalue weighted by Gasteiger charge is 2.65. The van der Waals surface area contributed by atoms with Crippen molar-refractivity contribution in [2.24, 2.45) is 5.41 Å². The van der Waals surface area contributed by atoms with Gasteiger partial charge in [0.2, 0.25) is 0 Å². The molecule has 0 aromatic heterocycles. The zero-order chi connectivity index (χ0) is 15.0. The molecule has 0 bridgehead atoms. The molecule has 0 spiro atoms. The van der Waals surface area contributed by atoms with Gasteiger partial charge in [-0.2, -0.15) is 13.2 Å². The molecule has 20 heavy (non-hydrogen) atoms. The fourth-order valence-electron chi connectivity index (χ4n) is 2.24. The molecule has 2 nitrogen and oxygen atoms in total. The van der Waals surface area contributed by atoms with Gasteiger partial charge in [-0.15, -0.1) is 0 Å². The van der Waals surface area contributed by atoms with E-state index in [4.69, 9.17) is 5.11 Å². The second kappa shape index (κ2) is 4.92. The highest BCUT2D eigenvalue weighted by molar-refractivity contribution is 5.78. The molecule has 0 unspecified atom stereocenters. The smallest absolute Gasteiger partial charge is 0.398 e. The molecule has 1 aromatic rings. The lowest BCUT2D eigenvalue weighted by Crippen LogP contribution is -2.26. The number of aliphatic carboxylic acids is 1. The normalized spacial score (nSPS) is 17.9. The average Bonchev–Trinajstić information content (AvgIpc) is 3.12. The molecule has 2 rings (SSSR count). The predicted octanol–water partition coefficient (Wildman–Crippen LogP) is 4.03. The van der Waals surface area contributed by atoms with E-state index in [0.717, 1.165) is 18.2 Å². The standard InChI is InChI=1S/C14H12F4O2/c15-10-3-1-9(2-4-10)11(5-6-12(19)20)13(7-8-13)14(16,17)18/h1-5H,6-8H2,(H,19,20)/b11-5-. The summed E-state index contributed by atoms with van der Waals surface area (Å²) < 4.78 is 52.4. The van der Waals surface area contributed by atoms with Crippen molar-refractivity contribution in [2.45, 2.75) is 25.4 Å². The number of hydrogen-bond acceptors (Lipinski definition) is 1. The first-order valence-corrected chi connectivity index (χ1v) is 6.01. The molecule has 1 aromatic carbocycles. The summed E-state index contributed by atoms with van der Waals surface area (Å²) in [5.41, 5.74) is -1.85. The van der Waals surface area contributed by atoms with E-state index >= 15 is 0 Å². The summed E-state index contributed by atoms with van der Waals surface area (Å²) in [7, 11) is 0. The summed E-state index contributed by atoms with van der Waals surface area (Å²) in [6, 6.07) is 4.62. The zero-order valence-electron chi connectivity index (χ0n) is 10.4. The third-order valence-electron chi connectivity index (χ3n) is 3.44. The van der Waals surface area contributed by atoms with Crippen molar-refractivity contribution in [3.63, 3.8) is 0 Å². The van der Waals surface area contributed by atoms with E-state index in [1.54, 1.807) is 0 Å². The number of carboxylic acid groups (broad SMARTS) is 1. The van der Waals surface area contributed by atoms with Gasteiger partial charge in [-0.25, -0.2) is 4.39 Å². The van der Waals surface area contributed by atoms with Gasteiger partial charge in [-0.3, -0.25) is 4.79 Å². The van der Waals surface area contributed by atoms with Gasteiger partial charge in [0, 0.05) is 0 Å². The first-order chi connectivity index (χ1) is 9.26. The third-order valence-corrected chi connectivity index (χ3v) is 3.44. The van der Waals surface area contributed by atoms with E-state index in [-0.39, 0.29) is 24.0 Å². The van der Waals surface area contributed by atoms with Crippen LogP contribution in [0.5, 0.6) is 0 Å². The topological polar surface area (TPSA) is 37.3 Å². The lowest BCUT2D eigenvalue weighted by Gasteiger charge is -2.23. The fourth-order valence-corrected chi connectivity index (χ4v) is 2.24. The maximum absolute atomic E-state index is 13.2. The molecule has 0 saturated heterocycles. The van der Waals surface area contributed by atoms with Crippen LogP contribution in [0.2, 0.25) is 0 Å². The Morgan fingerprint density at radius 1 is 1.25 bits per heavy atom. The van der Waals surface area contributed by atoms with Gasteiger partial charge in [0.05, 0.1) is 11.8 Å². The number of allylic oxidation sites excluding steroid dienone is 1. The molecule has 6 heteroatoms. The second-order valence-electron chi connectivity index (χ2n) is 4.80. The van der Waals surface area contributed by atoms with Crippen LogP contribution in [0.1, 0.15) is 24.8 Å². The monoisotopic (exact) mass is 288 g/mol. The van der Waals surface area contributed by atoms with Crippen LogP contribution in [0, 0.1) is 11.2 Å². The average molecular weight is 288 g/mol. The first kappa shape index (κ1) is 14.6.